The van der Waals surface area contributed by atoms with Gasteiger partial charge in [-0.05, 0) is 53.4 Å². The number of piperidine rings is 1. The van der Waals surface area contributed by atoms with Gasteiger partial charge in [-0.15, -0.1) is 0 Å². The molecule has 0 aromatic heterocycles. The van der Waals surface area contributed by atoms with Gasteiger partial charge < -0.3 is 9.64 Å². The molecule has 1 aromatic rings. The van der Waals surface area contributed by atoms with Crippen molar-refractivity contribution in [2.45, 2.75) is 31.7 Å². The highest BCUT2D eigenvalue weighted by Gasteiger charge is 2.30. The Labute approximate surface area is 131 Å². The first-order chi connectivity index (χ1) is 10.0. The molecule has 0 bridgehead atoms. The number of halogens is 2. The lowest BCUT2D eigenvalue weighted by Crippen LogP contribution is -2.45. The molecule has 0 saturated carbocycles. The van der Waals surface area contributed by atoms with Gasteiger partial charge in [0.1, 0.15) is 5.82 Å². The van der Waals surface area contributed by atoms with Gasteiger partial charge in [-0.1, -0.05) is 0 Å². The molecule has 21 heavy (non-hydrogen) atoms. The average Bonchev–Trinajstić information content (AvgIpc) is 2.47. The number of likely N-dealkylation sites (tertiary alicyclic amines) is 1. The zero-order valence-corrected chi connectivity index (χ0v) is 13.4. The highest BCUT2D eigenvalue weighted by Crippen LogP contribution is 2.26. The van der Waals surface area contributed by atoms with Crippen molar-refractivity contribution in [1.29, 1.82) is 0 Å². The molecular weight excluding hydrogens is 341 g/mol. The smallest absolute Gasteiger partial charge is 0.307 e. The van der Waals surface area contributed by atoms with Gasteiger partial charge in [0.05, 0.1) is 19.1 Å². The molecule has 1 fully saturated rings. The summed E-state index contributed by atoms with van der Waals surface area (Å²) in [5, 5.41) is 0. The highest BCUT2D eigenvalue weighted by atomic mass is 79.9. The van der Waals surface area contributed by atoms with Crippen LogP contribution in [0.3, 0.4) is 0 Å². The number of amides is 1. The Hall–Kier alpha value is -1.43. The van der Waals surface area contributed by atoms with Gasteiger partial charge in [0.2, 0.25) is 0 Å². The van der Waals surface area contributed by atoms with Crippen LogP contribution in [0.1, 0.15) is 36.0 Å². The Morgan fingerprint density at radius 1 is 1.43 bits per heavy atom. The Morgan fingerprint density at radius 3 is 2.86 bits per heavy atom. The number of methoxy groups -OCH3 is 1. The number of nitrogens with zero attached hydrogens (tertiary/aromatic N) is 1. The van der Waals surface area contributed by atoms with E-state index in [0.29, 0.717) is 16.6 Å². The zero-order chi connectivity index (χ0) is 15.4. The number of hydrogen-bond acceptors (Lipinski definition) is 3. The summed E-state index contributed by atoms with van der Waals surface area (Å²) in [6, 6.07) is 3.84. The lowest BCUT2D eigenvalue weighted by Gasteiger charge is -2.35. The molecule has 1 aliphatic heterocycles. The molecule has 6 heteroatoms. The van der Waals surface area contributed by atoms with Gasteiger partial charge in [0.25, 0.3) is 5.91 Å². The maximum absolute atomic E-state index is 13.1. The normalized spacial score (nSPS) is 18.4. The summed E-state index contributed by atoms with van der Waals surface area (Å²) in [5.41, 5.74) is 0.410. The molecule has 2 rings (SSSR count). The maximum Gasteiger partial charge on any atom is 0.307 e. The second-order valence-electron chi connectivity index (χ2n) is 5.05. The fourth-order valence-electron chi connectivity index (χ4n) is 2.57. The molecule has 114 valence electrons. The molecule has 1 unspecified atom stereocenters. The van der Waals surface area contributed by atoms with E-state index in [9.17, 15) is 14.0 Å². The van der Waals surface area contributed by atoms with Gasteiger partial charge >= 0.3 is 5.97 Å². The van der Waals surface area contributed by atoms with Crippen molar-refractivity contribution in [2.75, 3.05) is 13.7 Å². The van der Waals surface area contributed by atoms with E-state index in [0.717, 1.165) is 19.3 Å². The summed E-state index contributed by atoms with van der Waals surface area (Å²) in [5.74, 6) is -0.906. The SMILES string of the molecule is COC(=O)CC1CCCCN1C(=O)c1ccc(F)cc1Br. The Balaban J connectivity index is 2.20. The quantitative estimate of drug-likeness (QED) is 0.780. The summed E-state index contributed by atoms with van der Waals surface area (Å²) in [6.07, 6.45) is 2.86. The van der Waals surface area contributed by atoms with E-state index in [1.807, 2.05) is 0 Å². The molecule has 1 heterocycles. The van der Waals surface area contributed by atoms with Gasteiger partial charge in [-0.25, -0.2) is 4.39 Å². The van der Waals surface area contributed by atoms with Crippen LogP contribution in [0.4, 0.5) is 4.39 Å². The van der Waals surface area contributed by atoms with Crippen molar-refractivity contribution < 1.29 is 18.7 Å². The van der Waals surface area contributed by atoms with E-state index in [1.54, 1.807) is 4.90 Å². The summed E-state index contributed by atoms with van der Waals surface area (Å²) in [7, 11) is 1.34. The molecular formula is C15H17BrFNO3. The van der Waals surface area contributed by atoms with E-state index >= 15 is 0 Å². The lowest BCUT2D eigenvalue weighted by atomic mass is 9.98. The third-order valence-electron chi connectivity index (χ3n) is 3.68. The molecule has 1 atom stereocenters. The molecule has 1 amide bonds. The number of rotatable bonds is 3. The number of esters is 1. The van der Waals surface area contributed by atoms with Gasteiger partial charge in [-0.3, -0.25) is 9.59 Å². The number of carbonyl (C=O) groups is 2. The number of carbonyl (C=O) groups excluding carboxylic acids is 2. The summed E-state index contributed by atoms with van der Waals surface area (Å²) in [4.78, 5) is 25.8. The fraction of sp³-hybridized carbons (Fsp3) is 0.467. The predicted octanol–water partition coefficient (Wildman–Crippen LogP) is 3.15. The number of benzene rings is 1. The van der Waals surface area contributed by atoms with E-state index in [4.69, 9.17) is 4.74 Å². The van der Waals surface area contributed by atoms with Crippen LogP contribution in [0.5, 0.6) is 0 Å². The monoisotopic (exact) mass is 357 g/mol. The molecule has 1 saturated heterocycles. The van der Waals surface area contributed by atoms with E-state index in [1.165, 1.54) is 25.3 Å². The summed E-state index contributed by atoms with van der Waals surface area (Å²) in [6.45, 7) is 0.601. The van der Waals surface area contributed by atoms with E-state index < -0.39 is 5.82 Å². The molecule has 0 radical (unpaired) electrons. The minimum Gasteiger partial charge on any atom is -0.469 e. The zero-order valence-electron chi connectivity index (χ0n) is 11.8. The third-order valence-corrected chi connectivity index (χ3v) is 4.34. The van der Waals surface area contributed by atoms with E-state index in [2.05, 4.69) is 15.9 Å². The van der Waals surface area contributed by atoms with Crippen LogP contribution in [0, 0.1) is 5.82 Å². The van der Waals surface area contributed by atoms with Crippen molar-refractivity contribution in [3.8, 4) is 0 Å². The minimum atomic E-state index is -0.400. The number of hydrogen-bond donors (Lipinski definition) is 0. The molecule has 1 aliphatic rings. The second-order valence-corrected chi connectivity index (χ2v) is 5.91. The van der Waals surface area contributed by atoms with Crippen molar-refractivity contribution in [1.82, 2.24) is 4.90 Å². The first kappa shape index (κ1) is 15.9. The van der Waals surface area contributed by atoms with Crippen LogP contribution in [-0.2, 0) is 9.53 Å². The molecule has 0 aliphatic carbocycles. The molecule has 0 spiro atoms. The van der Waals surface area contributed by atoms with Crippen LogP contribution in [0.2, 0.25) is 0 Å². The summed E-state index contributed by atoms with van der Waals surface area (Å²) >= 11 is 3.22. The predicted molar refractivity (Wildman–Crippen MR) is 79.4 cm³/mol. The topological polar surface area (TPSA) is 46.6 Å². The average molecular weight is 358 g/mol. The van der Waals surface area contributed by atoms with Crippen LogP contribution >= 0.6 is 15.9 Å². The second kappa shape index (κ2) is 7.02. The first-order valence-corrected chi connectivity index (χ1v) is 7.65. The molecule has 1 aromatic carbocycles. The highest BCUT2D eigenvalue weighted by molar-refractivity contribution is 9.10. The van der Waals surface area contributed by atoms with Crippen LogP contribution < -0.4 is 0 Å². The van der Waals surface area contributed by atoms with Crippen molar-refractivity contribution >= 4 is 27.8 Å². The van der Waals surface area contributed by atoms with Crippen molar-refractivity contribution in [2.24, 2.45) is 0 Å². The largest absolute Gasteiger partial charge is 0.469 e. The Morgan fingerprint density at radius 2 is 2.19 bits per heavy atom. The van der Waals surface area contributed by atoms with Crippen LogP contribution in [-0.4, -0.2) is 36.5 Å². The van der Waals surface area contributed by atoms with Gasteiger partial charge in [0, 0.05) is 17.1 Å². The third kappa shape index (κ3) is 3.81. The van der Waals surface area contributed by atoms with Crippen molar-refractivity contribution in [3.05, 3.63) is 34.1 Å². The minimum absolute atomic E-state index is 0.157. The number of ether oxygens (including phenoxy) is 1. The Kier molecular flexibility index (Phi) is 5.33. The van der Waals surface area contributed by atoms with Gasteiger partial charge in [0.15, 0.2) is 0 Å². The molecule has 0 N–H and O–H groups in total. The van der Waals surface area contributed by atoms with Gasteiger partial charge in [-0.2, -0.15) is 0 Å². The standard InChI is InChI=1S/C15H17BrFNO3/c1-21-14(19)9-11-4-2-3-7-18(11)15(20)12-6-5-10(17)8-13(12)16/h5-6,8,11H,2-4,7,9H2,1H3. The molecule has 4 nitrogen and oxygen atoms in total. The van der Waals surface area contributed by atoms with Crippen LogP contribution in [0.15, 0.2) is 22.7 Å². The van der Waals surface area contributed by atoms with Crippen molar-refractivity contribution in [3.63, 3.8) is 0 Å². The summed E-state index contributed by atoms with van der Waals surface area (Å²) < 4.78 is 18.2. The van der Waals surface area contributed by atoms with E-state index in [-0.39, 0.29) is 24.3 Å². The fourth-order valence-corrected chi connectivity index (χ4v) is 3.09. The Bertz CT molecular complexity index is 550. The maximum atomic E-state index is 13.1. The lowest BCUT2D eigenvalue weighted by molar-refractivity contribution is -0.142. The van der Waals surface area contributed by atoms with Crippen LogP contribution in [0.25, 0.3) is 0 Å². The first-order valence-electron chi connectivity index (χ1n) is 6.85.